The van der Waals surface area contributed by atoms with Gasteiger partial charge in [0.05, 0.1) is 5.56 Å². The van der Waals surface area contributed by atoms with Gasteiger partial charge in [0.2, 0.25) is 0 Å². The molecule has 0 aliphatic carbocycles. The van der Waals surface area contributed by atoms with Crippen LogP contribution in [0, 0.1) is 0 Å². The van der Waals surface area contributed by atoms with Crippen molar-refractivity contribution in [2.75, 3.05) is 0 Å². The van der Waals surface area contributed by atoms with Gasteiger partial charge in [-0.25, -0.2) is 4.79 Å². The quantitative estimate of drug-likeness (QED) is 0.503. The Balaban J connectivity index is 2.28. The molecule has 2 nitrogen and oxygen atoms in total. The van der Waals surface area contributed by atoms with Crippen LogP contribution in [0.5, 0.6) is 0 Å². The summed E-state index contributed by atoms with van der Waals surface area (Å²) in [5.74, 6) is -0.882. The first kappa shape index (κ1) is 11.9. The number of aromatic carboxylic acids is 1. The predicted octanol–water partition coefficient (Wildman–Crippen LogP) is 4.84. The van der Waals surface area contributed by atoms with Gasteiger partial charge in [0, 0.05) is 0 Å². The van der Waals surface area contributed by atoms with E-state index in [-0.39, 0.29) is 0 Å². The van der Waals surface area contributed by atoms with Crippen molar-refractivity contribution in [1.29, 1.82) is 0 Å². The number of carboxylic acids is 1. The number of fused-ring (bicyclic) bond motifs is 3. The lowest BCUT2D eigenvalue weighted by Crippen LogP contribution is -1.99. The van der Waals surface area contributed by atoms with E-state index in [4.69, 9.17) is 0 Å². The molecule has 0 fully saturated rings. The topological polar surface area (TPSA) is 37.3 Å². The first-order valence-electron chi connectivity index (χ1n) is 6.81. The van der Waals surface area contributed by atoms with Gasteiger partial charge in [-0.15, -0.1) is 0 Å². The normalized spacial score (nSPS) is 11.2. The second-order valence-electron chi connectivity index (χ2n) is 5.20. The fourth-order valence-corrected chi connectivity index (χ4v) is 2.99. The van der Waals surface area contributed by atoms with Crippen LogP contribution >= 0.6 is 0 Å². The summed E-state index contributed by atoms with van der Waals surface area (Å²) in [5.41, 5.74) is 0.383. The molecule has 0 spiro atoms. The van der Waals surface area contributed by atoms with E-state index < -0.39 is 5.97 Å². The molecule has 0 aromatic heterocycles. The van der Waals surface area contributed by atoms with Crippen molar-refractivity contribution in [1.82, 2.24) is 0 Å². The third kappa shape index (κ3) is 1.77. The summed E-state index contributed by atoms with van der Waals surface area (Å²) in [6.45, 7) is 0. The molecule has 0 atom stereocenters. The lowest BCUT2D eigenvalue weighted by Gasteiger charge is -2.09. The maximum Gasteiger partial charge on any atom is 0.336 e. The first-order valence-corrected chi connectivity index (χ1v) is 6.81. The van der Waals surface area contributed by atoms with Gasteiger partial charge in [-0.2, -0.15) is 0 Å². The van der Waals surface area contributed by atoms with E-state index in [1.54, 1.807) is 0 Å². The molecule has 0 saturated heterocycles. The van der Waals surface area contributed by atoms with Crippen molar-refractivity contribution in [3.05, 3.63) is 72.3 Å². The Labute approximate surface area is 121 Å². The summed E-state index contributed by atoms with van der Waals surface area (Å²) < 4.78 is 0. The molecular formula is C19H12O2. The molecule has 0 amide bonds. The molecule has 100 valence electrons. The van der Waals surface area contributed by atoms with E-state index in [1.807, 2.05) is 54.6 Å². The van der Waals surface area contributed by atoms with Gasteiger partial charge in [0.1, 0.15) is 0 Å². The van der Waals surface area contributed by atoms with Crippen LogP contribution in [0.1, 0.15) is 10.4 Å². The van der Waals surface area contributed by atoms with E-state index in [9.17, 15) is 9.90 Å². The zero-order chi connectivity index (χ0) is 14.4. The third-order valence-corrected chi connectivity index (χ3v) is 3.94. The highest BCUT2D eigenvalue weighted by Gasteiger charge is 2.14. The number of hydrogen-bond donors (Lipinski definition) is 1. The van der Waals surface area contributed by atoms with Gasteiger partial charge in [-0.1, -0.05) is 48.5 Å². The monoisotopic (exact) mass is 272 g/mol. The van der Waals surface area contributed by atoms with E-state index in [0.29, 0.717) is 5.56 Å². The summed E-state index contributed by atoms with van der Waals surface area (Å²) in [6.07, 6.45) is 0. The van der Waals surface area contributed by atoms with Crippen LogP contribution in [0.15, 0.2) is 66.7 Å². The Hall–Kier alpha value is -2.87. The summed E-state index contributed by atoms with van der Waals surface area (Å²) in [4.78, 5) is 11.8. The number of benzene rings is 4. The van der Waals surface area contributed by atoms with Crippen LogP contribution in [0.25, 0.3) is 32.3 Å². The lowest BCUT2D eigenvalue weighted by molar-refractivity contribution is 0.0701. The van der Waals surface area contributed by atoms with Crippen LogP contribution in [-0.4, -0.2) is 11.1 Å². The second-order valence-corrected chi connectivity index (χ2v) is 5.20. The van der Waals surface area contributed by atoms with Crippen molar-refractivity contribution in [2.45, 2.75) is 0 Å². The van der Waals surface area contributed by atoms with Gasteiger partial charge in [-0.3, -0.25) is 0 Å². The fourth-order valence-electron chi connectivity index (χ4n) is 2.99. The van der Waals surface area contributed by atoms with Gasteiger partial charge >= 0.3 is 5.97 Å². The zero-order valence-electron chi connectivity index (χ0n) is 11.2. The maximum absolute atomic E-state index is 11.8. The molecular weight excluding hydrogens is 260 g/mol. The Bertz CT molecular complexity index is 1010. The minimum Gasteiger partial charge on any atom is -0.478 e. The second kappa shape index (κ2) is 4.32. The van der Waals surface area contributed by atoms with E-state index in [0.717, 1.165) is 32.3 Å². The predicted molar refractivity (Wildman–Crippen MR) is 85.9 cm³/mol. The summed E-state index contributed by atoms with van der Waals surface area (Å²) in [6, 6.07) is 21.7. The minimum atomic E-state index is -0.882. The molecule has 0 bridgehead atoms. The zero-order valence-corrected chi connectivity index (χ0v) is 11.2. The van der Waals surface area contributed by atoms with Crippen molar-refractivity contribution >= 4 is 38.3 Å². The highest BCUT2D eigenvalue weighted by molar-refractivity contribution is 6.18. The maximum atomic E-state index is 11.8. The van der Waals surface area contributed by atoms with Crippen LogP contribution < -0.4 is 0 Å². The minimum absolute atomic E-state index is 0.383. The van der Waals surface area contributed by atoms with Crippen molar-refractivity contribution in [3.63, 3.8) is 0 Å². The van der Waals surface area contributed by atoms with E-state index in [2.05, 4.69) is 12.1 Å². The number of carboxylic acid groups (broad SMARTS) is 1. The van der Waals surface area contributed by atoms with Gasteiger partial charge < -0.3 is 5.11 Å². The molecule has 0 heterocycles. The van der Waals surface area contributed by atoms with Gasteiger partial charge in [0.15, 0.2) is 0 Å². The van der Waals surface area contributed by atoms with Crippen molar-refractivity contribution in [2.24, 2.45) is 0 Å². The molecule has 0 aliphatic rings. The number of carbonyl (C=O) groups is 1. The SMILES string of the molecule is O=C(O)c1c2ccccc2cc2cc3ccccc3cc12. The van der Waals surface area contributed by atoms with Crippen LogP contribution in [0.3, 0.4) is 0 Å². The highest BCUT2D eigenvalue weighted by atomic mass is 16.4. The van der Waals surface area contributed by atoms with Crippen LogP contribution in [0.2, 0.25) is 0 Å². The Morgan fingerprint density at radius 3 is 1.95 bits per heavy atom. The fraction of sp³-hybridized carbons (Fsp3) is 0. The average molecular weight is 272 g/mol. The molecule has 1 N–H and O–H groups in total. The molecule has 2 heteroatoms. The Kier molecular flexibility index (Phi) is 2.45. The lowest BCUT2D eigenvalue weighted by atomic mass is 9.94. The number of hydrogen-bond acceptors (Lipinski definition) is 1. The Morgan fingerprint density at radius 2 is 1.24 bits per heavy atom. The number of rotatable bonds is 1. The average Bonchev–Trinajstić information content (AvgIpc) is 2.50. The molecule has 0 aliphatic heterocycles. The van der Waals surface area contributed by atoms with Gasteiger partial charge in [0.25, 0.3) is 0 Å². The standard InChI is InChI=1S/C19H12O2/c20-19(21)18-16-8-4-3-7-14(16)10-15-9-12-5-1-2-6-13(12)11-17(15)18/h1-11H,(H,20,21). The summed E-state index contributed by atoms with van der Waals surface area (Å²) >= 11 is 0. The molecule has 4 rings (SSSR count). The van der Waals surface area contributed by atoms with Gasteiger partial charge in [-0.05, 0) is 50.5 Å². The third-order valence-electron chi connectivity index (χ3n) is 3.94. The molecule has 4 aromatic carbocycles. The van der Waals surface area contributed by atoms with Crippen molar-refractivity contribution < 1.29 is 9.90 Å². The first-order chi connectivity index (χ1) is 10.2. The smallest absolute Gasteiger partial charge is 0.336 e. The molecule has 4 aromatic rings. The van der Waals surface area contributed by atoms with E-state index in [1.165, 1.54) is 0 Å². The van der Waals surface area contributed by atoms with E-state index >= 15 is 0 Å². The Morgan fingerprint density at radius 1 is 0.667 bits per heavy atom. The largest absolute Gasteiger partial charge is 0.478 e. The highest BCUT2D eigenvalue weighted by Crippen LogP contribution is 2.31. The summed E-state index contributed by atoms with van der Waals surface area (Å²) in [5, 5.41) is 15.3. The van der Waals surface area contributed by atoms with Crippen molar-refractivity contribution in [3.8, 4) is 0 Å². The van der Waals surface area contributed by atoms with Crippen LogP contribution in [0.4, 0.5) is 0 Å². The molecule has 0 saturated carbocycles. The molecule has 0 radical (unpaired) electrons. The molecule has 0 unspecified atom stereocenters. The summed E-state index contributed by atoms with van der Waals surface area (Å²) in [7, 11) is 0. The van der Waals surface area contributed by atoms with Crippen LogP contribution in [-0.2, 0) is 0 Å². The molecule has 21 heavy (non-hydrogen) atoms.